The SMILES string of the molecule is CC1CCCCC12NC(=O)N(CN(Cc1ccc(C#N)cc1)CC(F)(F)F)C2=O. The number of nitrogens with zero attached hydrogens (tertiary/aromatic N) is 3. The monoisotopic (exact) mass is 408 g/mol. The van der Waals surface area contributed by atoms with Crippen molar-refractivity contribution in [1.82, 2.24) is 15.1 Å². The highest BCUT2D eigenvalue weighted by atomic mass is 19.4. The van der Waals surface area contributed by atoms with Gasteiger partial charge in [-0.15, -0.1) is 0 Å². The first-order chi connectivity index (χ1) is 13.6. The molecule has 2 atom stereocenters. The van der Waals surface area contributed by atoms with Crippen LogP contribution in [0.1, 0.15) is 43.7 Å². The number of amides is 3. The second-order valence-electron chi connectivity index (χ2n) is 7.83. The molecule has 1 aromatic carbocycles. The van der Waals surface area contributed by atoms with Gasteiger partial charge in [0.25, 0.3) is 5.91 Å². The van der Waals surface area contributed by atoms with E-state index in [2.05, 4.69) is 5.32 Å². The van der Waals surface area contributed by atoms with Gasteiger partial charge in [0.1, 0.15) is 5.54 Å². The zero-order chi connectivity index (χ0) is 21.2. The Morgan fingerprint density at radius 1 is 1.28 bits per heavy atom. The molecule has 1 saturated heterocycles. The Morgan fingerprint density at radius 3 is 2.55 bits per heavy atom. The lowest BCUT2D eigenvalue weighted by atomic mass is 9.73. The molecule has 1 saturated carbocycles. The van der Waals surface area contributed by atoms with Gasteiger partial charge in [0.05, 0.1) is 24.8 Å². The molecule has 2 unspecified atom stereocenters. The first-order valence-electron chi connectivity index (χ1n) is 9.57. The first-order valence-corrected chi connectivity index (χ1v) is 9.57. The lowest BCUT2D eigenvalue weighted by Gasteiger charge is -2.37. The number of imide groups is 1. The molecule has 0 radical (unpaired) electrons. The summed E-state index contributed by atoms with van der Waals surface area (Å²) < 4.78 is 39.4. The zero-order valence-electron chi connectivity index (χ0n) is 16.1. The fourth-order valence-corrected chi connectivity index (χ4v) is 4.18. The summed E-state index contributed by atoms with van der Waals surface area (Å²) in [6.45, 7) is 0.0845. The van der Waals surface area contributed by atoms with E-state index in [1.165, 1.54) is 12.1 Å². The number of carbonyl (C=O) groups excluding carboxylic acids is 2. The van der Waals surface area contributed by atoms with Crippen molar-refractivity contribution in [3.8, 4) is 6.07 Å². The number of urea groups is 1. The molecule has 156 valence electrons. The molecule has 3 amide bonds. The predicted octanol–water partition coefficient (Wildman–Crippen LogP) is 3.38. The number of rotatable bonds is 5. The second kappa shape index (κ2) is 8.03. The van der Waals surface area contributed by atoms with Gasteiger partial charge < -0.3 is 5.32 Å². The Kier molecular flexibility index (Phi) is 5.85. The van der Waals surface area contributed by atoms with Gasteiger partial charge in [-0.2, -0.15) is 18.4 Å². The number of carbonyl (C=O) groups is 2. The van der Waals surface area contributed by atoms with Gasteiger partial charge in [0.15, 0.2) is 0 Å². The highest BCUT2D eigenvalue weighted by molar-refractivity contribution is 6.07. The maximum absolute atomic E-state index is 13.1. The summed E-state index contributed by atoms with van der Waals surface area (Å²) in [5, 5.41) is 11.6. The van der Waals surface area contributed by atoms with Gasteiger partial charge in [-0.3, -0.25) is 9.69 Å². The number of nitrogens with one attached hydrogen (secondary N) is 1. The van der Waals surface area contributed by atoms with Crippen LogP contribution in [0.15, 0.2) is 24.3 Å². The summed E-state index contributed by atoms with van der Waals surface area (Å²) >= 11 is 0. The zero-order valence-corrected chi connectivity index (χ0v) is 16.1. The fourth-order valence-electron chi connectivity index (χ4n) is 4.18. The number of hydrogen-bond donors (Lipinski definition) is 1. The minimum atomic E-state index is -4.48. The van der Waals surface area contributed by atoms with Crippen LogP contribution < -0.4 is 5.32 Å². The average molecular weight is 408 g/mol. The normalized spacial score (nSPS) is 24.8. The van der Waals surface area contributed by atoms with Crippen LogP contribution in [0.2, 0.25) is 0 Å². The van der Waals surface area contributed by atoms with E-state index in [0.29, 0.717) is 17.5 Å². The minimum Gasteiger partial charge on any atom is -0.323 e. The van der Waals surface area contributed by atoms with Crippen molar-refractivity contribution in [2.45, 2.75) is 50.9 Å². The van der Waals surface area contributed by atoms with Gasteiger partial charge >= 0.3 is 12.2 Å². The molecule has 1 aliphatic heterocycles. The van der Waals surface area contributed by atoms with Crippen LogP contribution in [0.5, 0.6) is 0 Å². The molecular formula is C20H23F3N4O2. The minimum absolute atomic E-state index is 0.0627. The Hall–Kier alpha value is -2.60. The molecule has 0 bridgehead atoms. The number of alkyl halides is 3. The van der Waals surface area contributed by atoms with E-state index in [0.717, 1.165) is 29.1 Å². The third-order valence-electron chi connectivity index (χ3n) is 5.73. The van der Waals surface area contributed by atoms with Gasteiger partial charge in [-0.05, 0) is 36.5 Å². The van der Waals surface area contributed by atoms with Gasteiger partial charge in [0.2, 0.25) is 0 Å². The van der Waals surface area contributed by atoms with E-state index < -0.39 is 36.9 Å². The van der Waals surface area contributed by atoms with Crippen molar-refractivity contribution in [2.75, 3.05) is 13.2 Å². The summed E-state index contributed by atoms with van der Waals surface area (Å²) in [4.78, 5) is 27.4. The van der Waals surface area contributed by atoms with Crippen LogP contribution in [0.3, 0.4) is 0 Å². The van der Waals surface area contributed by atoms with Crippen molar-refractivity contribution >= 4 is 11.9 Å². The van der Waals surface area contributed by atoms with E-state index in [-0.39, 0.29) is 12.5 Å². The maximum atomic E-state index is 13.1. The quantitative estimate of drug-likeness (QED) is 0.758. The number of halogens is 3. The molecule has 1 spiro atoms. The largest absolute Gasteiger partial charge is 0.401 e. The number of benzene rings is 1. The molecule has 3 rings (SSSR count). The third kappa shape index (κ3) is 4.53. The van der Waals surface area contributed by atoms with Gasteiger partial charge in [0, 0.05) is 6.54 Å². The number of hydrogen-bond acceptors (Lipinski definition) is 4. The summed E-state index contributed by atoms with van der Waals surface area (Å²) in [5.41, 5.74) is -0.0484. The van der Waals surface area contributed by atoms with Crippen LogP contribution >= 0.6 is 0 Å². The highest BCUT2D eigenvalue weighted by Crippen LogP contribution is 2.38. The lowest BCUT2D eigenvalue weighted by Crippen LogP contribution is -2.54. The Morgan fingerprint density at radius 2 is 1.97 bits per heavy atom. The van der Waals surface area contributed by atoms with E-state index in [9.17, 15) is 22.8 Å². The van der Waals surface area contributed by atoms with Gasteiger partial charge in [-0.25, -0.2) is 9.69 Å². The molecule has 1 heterocycles. The molecular weight excluding hydrogens is 385 g/mol. The van der Waals surface area contributed by atoms with Crippen molar-refractivity contribution in [1.29, 1.82) is 5.26 Å². The van der Waals surface area contributed by atoms with Crippen LogP contribution in [-0.4, -0.2) is 46.7 Å². The fraction of sp³-hybridized carbons (Fsp3) is 0.550. The summed E-state index contributed by atoms with van der Waals surface area (Å²) in [7, 11) is 0. The molecule has 0 aromatic heterocycles. The van der Waals surface area contributed by atoms with Crippen molar-refractivity contribution in [3.05, 3.63) is 35.4 Å². The Balaban J connectivity index is 1.78. The van der Waals surface area contributed by atoms with Crippen molar-refractivity contribution < 1.29 is 22.8 Å². The molecule has 1 aliphatic carbocycles. The van der Waals surface area contributed by atoms with Crippen LogP contribution in [0, 0.1) is 17.2 Å². The first kappa shape index (κ1) is 21.1. The Labute approximate surface area is 167 Å². The molecule has 2 fully saturated rings. The lowest BCUT2D eigenvalue weighted by molar-refractivity contribution is -0.154. The van der Waals surface area contributed by atoms with Crippen LogP contribution in [0.4, 0.5) is 18.0 Å². The average Bonchev–Trinajstić information content (AvgIpc) is 2.88. The van der Waals surface area contributed by atoms with E-state index >= 15 is 0 Å². The summed E-state index contributed by atoms with van der Waals surface area (Å²) in [6, 6.07) is 7.49. The summed E-state index contributed by atoms with van der Waals surface area (Å²) in [5.74, 6) is -0.506. The maximum Gasteiger partial charge on any atom is 0.401 e. The topological polar surface area (TPSA) is 76.4 Å². The third-order valence-corrected chi connectivity index (χ3v) is 5.73. The number of nitriles is 1. The van der Waals surface area contributed by atoms with E-state index in [4.69, 9.17) is 5.26 Å². The summed E-state index contributed by atoms with van der Waals surface area (Å²) in [6.07, 6.45) is -1.43. The van der Waals surface area contributed by atoms with Gasteiger partial charge in [-0.1, -0.05) is 31.9 Å². The molecule has 1 N–H and O–H groups in total. The van der Waals surface area contributed by atoms with Crippen molar-refractivity contribution in [2.24, 2.45) is 5.92 Å². The van der Waals surface area contributed by atoms with Crippen LogP contribution in [-0.2, 0) is 11.3 Å². The van der Waals surface area contributed by atoms with Crippen LogP contribution in [0.25, 0.3) is 0 Å². The van der Waals surface area contributed by atoms with Crippen molar-refractivity contribution in [3.63, 3.8) is 0 Å². The van der Waals surface area contributed by atoms with E-state index in [1.54, 1.807) is 12.1 Å². The highest BCUT2D eigenvalue weighted by Gasteiger charge is 2.55. The predicted molar refractivity (Wildman–Crippen MR) is 98.2 cm³/mol. The molecule has 29 heavy (non-hydrogen) atoms. The second-order valence-corrected chi connectivity index (χ2v) is 7.83. The molecule has 1 aromatic rings. The smallest absolute Gasteiger partial charge is 0.323 e. The molecule has 2 aliphatic rings. The molecule has 9 heteroatoms. The van der Waals surface area contributed by atoms with E-state index in [1.807, 2.05) is 13.0 Å². The standard InChI is InChI=1S/C20H23F3N4O2/c1-14-4-2-3-9-19(14)17(28)27(18(29)25-19)13-26(12-20(21,22)23)11-16-7-5-15(10-24)6-8-16/h5-8,14H,2-4,9,11-13H2,1H3,(H,25,29). The molecule has 6 nitrogen and oxygen atoms in total. The Bertz CT molecular complexity index is 819.